The molecule has 1 heterocycles. The number of nitrogens with one attached hydrogen (secondary N) is 2. The molecule has 0 bridgehead atoms. The summed E-state index contributed by atoms with van der Waals surface area (Å²) in [4.78, 5) is 12.3. The van der Waals surface area contributed by atoms with E-state index in [1.807, 2.05) is 19.1 Å². The van der Waals surface area contributed by atoms with Gasteiger partial charge in [-0.1, -0.05) is 25.5 Å². The summed E-state index contributed by atoms with van der Waals surface area (Å²) in [5.41, 5.74) is 1.16. The Hall–Kier alpha value is -1.13. The van der Waals surface area contributed by atoms with E-state index in [1.54, 1.807) is 0 Å². The van der Waals surface area contributed by atoms with E-state index in [0.29, 0.717) is 12.5 Å². The average Bonchev–Trinajstić information content (AvgIpc) is 2.37. The van der Waals surface area contributed by atoms with E-state index in [-0.39, 0.29) is 35.5 Å². The summed E-state index contributed by atoms with van der Waals surface area (Å²) < 4.78 is 13.1. The summed E-state index contributed by atoms with van der Waals surface area (Å²) in [5.74, 6) is 0.475. The third-order valence-corrected chi connectivity index (χ3v) is 5.30. The third-order valence-electron chi connectivity index (χ3n) is 5.30. The standard InChI is InChI=1S/C17H23FN2O.ClH/c1-12(13-9-19-10-13)16(21)20-11-17(7-2-8-17)14-3-5-15(18)6-4-14;/h3-6,12-13,19H,2,7-11H2,1H3,(H,20,21);1H. The molecule has 5 heteroatoms. The molecule has 0 spiro atoms. The SMILES string of the molecule is CC(C(=O)NCC1(c2ccc(F)cc2)CCC1)C1CNC1.Cl. The lowest BCUT2D eigenvalue weighted by molar-refractivity contribution is -0.127. The smallest absolute Gasteiger partial charge is 0.223 e. The molecule has 0 aromatic heterocycles. The van der Waals surface area contributed by atoms with Crippen LogP contribution in [0.4, 0.5) is 4.39 Å². The zero-order chi connectivity index (χ0) is 14.9. The van der Waals surface area contributed by atoms with Crippen molar-refractivity contribution in [2.45, 2.75) is 31.6 Å². The van der Waals surface area contributed by atoms with Crippen LogP contribution in [-0.4, -0.2) is 25.5 Å². The lowest BCUT2D eigenvalue weighted by Crippen LogP contribution is -2.52. The Balaban J connectivity index is 0.00000176. The monoisotopic (exact) mass is 326 g/mol. The van der Waals surface area contributed by atoms with E-state index in [1.165, 1.54) is 18.6 Å². The molecule has 2 fully saturated rings. The summed E-state index contributed by atoms with van der Waals surface area (Å²) in [7, 11) is 0. The average molecular weight is 327 g/mol. The van der Waals surface area contributed by atoms with E-state index in [2.05, 4.69) is 10.6 Å². The maximum absolute atomic E-state index is 13.1. The molecule has 122 valence electrons. The second-order valence-corrected chi connectivity index (χ2v) is 6.57. The zero-order valence-corrected chi connectivity index (χ0v) is 13.7. The highest BCUT2D eigenvalue weighted by molar-refractivity contribution is 5.85. The van der Waals surface area contributed by atoms with Crippen molar-refractivity contribution in [1.82, 2.24) is 10.6 Å². The number of amides is 1. The molecule has 2 aliphatic rings. The Morgan fingerprint density at radius 2 is 2.00 bits per heavy atom. The highest BCUT2D eigenvalue weighted by atomic mass is 35.5. The van der Waals surface area contributed by atoms with Crippen LogP contribution in [0.5, 0.6) is 0 Å². The summed E-state index contributed by atoms with van der Waals surface area (Å²) in [5, 5.41) is 6.33. The molecule has 1 aliphatic carbocycles. The molecule has 3 nitrogen and oxygen atoms in total. The molecule has 22 heavy (non-hydrogen) atoms. The fourth-order valence-electron chi connectivity index (χ4n) is 3.27. The number of carbonyl (C=O) groups is 1. The van der Waals surface area contributed by atoms with Gasteiger partial charge in [-0.25, -0.2) is 4.39 Å². The van der Waals surface area contributed by atoms with Crippen molar-refractivity contribution in [3.63, 3.8) is 0 Å². The van der Waals surface area contributed by atoms with Crippen LogP contribution in [0.3, 0.4) is 0 Å². The second-order valence-electron chi connectivity index (χ2n) is 6.57. The van der Waals surface area contributed by atoms with Crippen LogP contribution >= 0.6 is 12.4 Å². The topological polar surface area (TPSA) is 41.1 Å². The minimum Gasteiger partial charge on any atom is -0.355 e. The molecule has 1 aromatic rings. The van der Waals surface area contributed by atoms with Gasteiger partial charge in [-0.2, -0.15) is 0 Å². The van der Waals surface area contributed by atoms with Gasteiger partial charge in [-0.05, 0) is 49.5 Å². The highest BCUT2D eigenvalue weighted by Gasteiger charge is 2.39. The summed E-state index contributed by atoms with van der Waals surface area (Å²) in [6.45, 7) is 4.56. The highest BCUT2D eigenvalue weighted by Crippen LogP contribution is 2.43. The minimum absolute atomic E-state index is 0. The lowest BCUT2D eigenvalue weighted by atomic mass is 9.64. The maximum Gasteiger partial charge on any atom is 0.223 e. The van der Waals surface area contributed by atoms with Crippen LogP contribution in [0.25, 0.3) is 0 Å². The van der Waals surface area contributed by atoms with E-state index >= 15 is 0 Å². The predicted octanol–water partition coefficient (Wildman–Crippen LogP) is 2.64. The molecule has 1 amide bonds. The Morgan fingerprint density at radius 1 is 1.36 bits per heavy atom. The summed E-state index contributed by atoms with van der Waals surface area (Å²) >= 11 is 0. The number of benzene rings is 1. The first-order valence-corrected chi connectivity index (χ1v) is 7.85. The third kappa shape index (κ3) is 3.28. The quantitative estimate of drug-likeness (QED) is 0.873. The Kier molecular flexibility index (Phi) is 5.45. The van der Waals surface area contributed by atoms with Gasteiger partial charge in [0, 0.05) is 17.9 Å². The van der Waals surface area contributed by atoms with Crippen molar-refractivity contribution in [3.05, 3.63) is 35.6 Å². The summed E-state index contributed by atoms with van der Waals surface area (Å²) in [6.07, 6.45) is 3.31. The molecule has 1 atom stereocenters. The van der Waals surface area contributed by atoms with Crippen molar-refractivity contribution in [2.24, 2.45) is 11.8 Å². The van der Waals surface area contributed by atoms with Crippen molar-refractivity contribution in [2.75, 3.05) is 19.6 Å². The molecule has 1 unspecified atom stereocenters. The van der Waals surface area contributed by atoms with E-state index in [4.69, 9.17) is 0 Å². The van der Waals surface area contributed by atoms with Gasteiger partial charge in [0.1, 0.15) is 5.82 Å². The summed E-state index contributed by atoms with van der Waals surface area (Å²) in [6, 6.07) is 6.75. The molecular formula is C17H24ClFN2O. The lowest BCUT2D eigenvalue weighted by Gasteiger charge is -2.43. The van der Waals surface area contributed by atoms with E-state index < -0.39 is 0 Å². The zero-order valence-electron chi connectivity index (χ0n) is 12.9. The van der Waals surface area contributed by atoms with Crippen molar-refractivity contribution < 1.29 is 9.18 Å². The van der Waals surface area contributed by atoms with Crippen LogP contribution in [0, 0.1) is 17.7 Å². The predicted molar refractivity (Wildman–Crippen MR) is 87.7 cm³/mol. The first kappa shape index (κ1) is 17.2. The minimum atomic E-state index is -0.205. The van der Waals surface area contributed by atoms with E-state index in [9.17, 15) is 9.18 Å². The fourth-order valence-corrected chi connectivity index (χ4v) is 3.27. The fraction of sp³-hybridized carbons (Fsp3) is 0.588. The Morgan fingerprint density at radius 3 is 2.45 bits per heavy atom. The van der Waals surface area contributed by atoms with Crippen LogP contribution in [0.2, 0.25) is 0 Å². The largest absolute Gasteiger partial charge is 0.355 e. The molecule has 1 aromatic carbocycles. The van der Waals surface area contributed by atoms with Gasteiger partial charge < -0.3 is 10.6 Å². The second kappa shape index (κ2) is 6.97. The van der Waals surface area contributed by atoms with Crippen molar-refractivity contribution >= 4 is 18.3 Å². The van der Waals surface area contributed by atoms with Gasteiger partial charge in [0.05, 0.1) is 0 Å². The van der Waals surface area contributed by atoms with Gasteiger partial charge in [0.2, 0.25) is 5.91 Å². The number of carbonyl (C=O) groups excluding carboxylic acids is 1. The Bertz CT molecular complexity index is 512. The molecular weight excluding hydrogens is 303 g/mol. The first-order valence-electron chi connectivity index (χ1n) is 7.85. The van der Waals surface area contributed by atoms with Gasteiger partial charge in [-0.15, -0.1) is 12.4 Å². The molecule has 2 N–H and O–H groups in total. The molecule has 0 radical (unpaired) electrons. The van der Waals surface area contributed by atoms with Gasteiger partial charge >= 0.3 is 0 Å². The molecule has 3 rings (SSSR count). The van der Waals surface area contributed by atoms with Gasteiger partial charge in [-0.3, -0.25) is 4.79 Å². The molecule has 1 aliphatic heterocycles. The van der Waals surface area contributed by atoms with Crippen LogP contribution in [0.1, 0.15) is 31.7 Å². The van der Waals surface area contributed by atoms with Gasteiger partial charge in [0.25, 0.3) is 0 Å². The van der Waals surface area contributed by atoms with E-state index in [0.717, 1.165) is 31.5 Å². The molecule has 1 saturated carbocycles. The first-order chi connectivity index (χ1) is 10.1. The van der Waals surface area contributed by atoms with Crippen LogP contribution in [-0.2, 0) is 10.2 Å². The molecule has 1 saturated heterocycles. The van der Waals surface area contributed by atoms with Gasteiger partial charge in [0.15, 0.2) is 0 Å². The van der Waals surface area contributed by atoms with Crippen molar-refractivity contribution in [1.29, 1.82) is 0 Å². The van der Waals surface area contributed by atoms with Crippen molar-refractivity contribution in [3.8, 4) is 0 Å². The number of hydrogen-bond donors (Lipinski definition) is 2. The number of rotatable bonds is 5. The Labute approximate surface area is 137 Å². The van der Waals surface area contributed by atoms with Crippen LogP contribution in [0.15, 0.2) is 24.3 Å². The number of hydrogen-bond acceptors (Lipinski definition) is 2. The van der Waals surface area contributed by atoms with Crippen LogP contribution < -0.4 is 10.6 Å². The number of halogens is 2. The normalized spacial score (nSPS) is 21.0. The maximum atomic E-state index is 13.1.